The summed E-state index contributed by atoms with van der Waals surface area (Å²) < 4.78 is 4.75. The van der Waals surface area contributed by atoms with Crippen LogP contribution in [-0.2, 0) is 25.9 Å². The summed E-state index contributed by atoms with van der Waals surface area (Å²) in [6.45, 7) is 4.56. The van der Waals surface area contributed by atoms with Gasteiger partial charge in [-0.3, -0.25) is 9.80 Å². The van der Waals surface area contributed by atoms with Crippen LogP contribution in [0, 0.1) is 0 Å². The number of aromatic nitrogens is 2. The molecule has 0 saturated carbocycles. The average Bonchev–Trinajstić information content (AvgIpc) is 3.66. The maximum Gasteiger partial charge on any atom is 0.173 e. The van der Waals surface area contributed by atoms with Gasteiger partial charge in [0.1, 0.15) is 13.1 Å². The van der Waals surface area contributed by atoms with E-state index in [0.29, 0.717) is 12.1 Å². The minimum Gasteiger partial charge on any atom is -0.299 e. The van der Waals surface area contributed by atoms with Crippen LogP contribution in [0.4, 0.5) is 0 Å². The van der Waals surface area contributed by atoms with Gasteiger partial charge in [0.2, 0.25) is 0 Å². The number of hydrogen-bond donors (Lipinski definition) is 0. The first-order valence-electron chi connectivity index (χ1n) is 16.2. The Hall–Kier alpha value is -3.34. The fraction of sp³-hybridized carbons (Fsp3) is 0.421. The van der Waals surface area contributed by atoms with Crippen molar-refractivity contribution in [3.8, 4) is 11.1 Å². The molecule has 2 aromatic heterocycles. The molecule has 2 aromatic carbocycles. The topological polar surface area (TPSA) is 14.2 Å². The molecule has 0 N–H and O–H groups in total. The third kappa shape index (κ3) is 7.17. The van der Waals surface area contributed by atoms with Crippen molar-refractivity contribution in [2.75, 3.05) is 27.2 Å². The van der Waals surface area contributed by atoms with Gasteiger partial charge in [0.15, 0.2) is 24.8 Å². The number of likely N-dealkylation sites (tertiary alicyclic amines) is 2. The second kappa shape index (κ2) is 13.8. The van der Waals surface area contributed by atoms with Crippen molar-refractivity contribution in [3.05, 3.63) is 120 Å². The van der Waals surface area contributed by atoms with Crippen LogP contribution in [0.1, 0.15) is 72.9 Å². The molecule has 0 aliphatic carbocycles. The molecular formula is C38H48N4+2. The zero-order valence-electron chi connectivity index (χ0n) is 25.7. The monoisotopic (exact) mass is 560 g/mol. The summed E-state index contributed by atoms with van der Waals surface area (Å²) in [5.41, 5.74) is 8.37. The number of pyridine rings is 2. The van der Waals surface area contributed by atoms with Crippen molar-refractivity contribution < 1.29 is 9.13 Å². The summed E-state index contributed by atoms with van der Waals surface area (Å²) in [7, 11) is 4.51. The van der Waals surface area contributed by atoms with E-state index in [0.717, 1.165) is 38.8 Å². The van der Waals surface area contributed by atoms with Crippen LogP contribution in [-0.4, -0.2) is 37.0 Å². The van der Waals surface area contributed by atoms with Crippen molar-refractivity contribution in [2.45, 2.75) is 76.5 Å². The molecule has 218 valence electrons. The van der Waals surface area contributed by atoms with Crippen molar-refractivity contribution in [3.63, 3.8) is 0 Å². The van der Waals surface area contributed by atoms with Crippen molar-refractivity contribution in [2.24, 2.45) is 0 Å². The highest BCUT2D eigenvalue weighted by atomic mass is 15.2. The number of rotatable bonds is 11. The Morgan fingerprint density at radius 2 is 1.02 bits per heavy atom. The highest BCUT2D eigenvalue weighted by Crippen LogP contribution is 2.30. The Bertz CT molecular complexity index is 1320. The molecule has 0 amide bonds. The minimum absolute atomic E-state index is 0.588. The van der Waals surface area contributed by atoms with Crippen molar-refractivity contribution in [1.82, 2.24) is 9.80 Å². The van der Waals surface area contributed by atoms with Crippen LogP contribution in [0.25, 0.3) is 11.1 Å². The fourth-order valence-electron chi connectivity index (χ4n) is 7.08. The summed E-state index contributed by atoms with van der Waals surface area (Å²) in [6, 6.07) is 28.6. The molecule has 2 saturated heterocycles. The molecule has 4 aromatic rings. The fourth-order valence-corrected chi connectivity index (χ4v) is 7.08. The van der Waals surface area contributed by atoms with Crippen LogP contribution in [0.2, 0.25) is 0 Å². The second-order valence-corrected chi connectivity index (χ2v) is 12.6. The van der Waals surface area contributed by atoms with Crippen molar-refractivity contribution >= 4 is 0 Å². The predicted octanol–water partition coefficient (Wildman–Crippen LogP) is 6.73. The van der Waals surface area contributed by atoms with Crippen LogP contribution >= 0.6 is 0 Å². The van der Waals surface area contributed by atoms with E-state index < -0.39 is 0 Å². The van der Waals surface area contributed by atoms with Crippen LogP contribution in [0.15, 0.2) is 97.6 Å². The summed E-state index contributed by atoms with van der Waals surface area (Å²) in [4.78, 5) is 4.98. The molecule has 4 heterocycles. The number of hydrogen-bond acceptors (Lipinski definition) is 2. The van der Waals surface area contributed by atoms with Crippen LogP contribution in [0.5, 0.6) is 0 Å². The molecule has 4 heteroatoms. The first-order valence-corrected chi connectivity index (χ1v) is 16.2. The van der Waals surface area contributed by atoms with E-state index in [9.17, 15) is 0 Å². The van der Waals surface area contributed by atoms with Crippen LogP contribution < -0.4 is 9.13 Å². The quantitative estimate of drug-likeness (QED) is 0.189. The highest BCUT2D eigenvalue weighted by molar-refractivity contribution is 5.64. The lowest BCUT2D eigenvalue weighted by Crippen LogP contribution is -2.34. The van der Waals surface area contributed by atoms with Gasteiger partial charge in [-0.05, 0) is 100 Å². The third-order valence-electron chi connectivity index (χ3n) is 9.58. The molecule has 2 fully saturated rings. The molecule has 42 heavy (non-hydrogen) atoms. The molecule has 4 nitrogen and oxygen atoms in total. The number of aryl methyl sites for hydroxylation is 4. The van der Waals surface area contributed by atoms with E-state index in [1.807, 2.05) is 0 Å². The van der Waals surface area contributed by atoms with Crippen molar-refractivity contribution in [1.29, 1.82) is 0 Å². The first kappa shape index (κ1) is 28.8. The summed E-state index contributed by atoms with van der Waals surface area (Å²) in [6.07, 6.45) is 18.9. The normalized spacial score (nSPS) is 19.5. The van der Waals surface area contributed by atoms with Crippen LogP contribution in [0.3, 0.4) is 0 Å². The van der Waals surface area contributed by atoms with Gasteiger partial charge >= 0.3 is 0 Å². The second-order valence-electron chi connectivity index (χ2n) is 12.6. The molecule has 2 atom stereocenters. The van der Waals surface area contributed by atoms with E-state index in [1.54, 1.807) is 0 Å². The maximum absolute atomic E-state index is 2.49. The molecule has 6 rings (SSSR count). The van der Waals surface area contributed by atoms with E-state index in [2.05, 4.69) is 131 Å². The Balaban J connectivity index is 0.961. The number of benzene rings is 2. The standard InChI is InChI=1S/C38H48N4/c1-39-23-7-13-37(39)35-11-5-27-41(29-35)25-3-9-31-15-19-33(20-16-31)34-21-17-32(18-22-34)10-4-26-42-28-6-12-36(30-42)38-14-8-24-40(38)2/h5-6,11-12,15-22,27-30,37-38H,3-4,7-10,13-14,23-26H2,1-2H3/q+2/t37-,38-/m1/s1. The first-order chi connectivity index (χ1) is 20.6. The van der Waals surface area contributed by atoms with Gasteiger partial charge in [-0.25, -0.2) is 9.13 Å². The summed E-state index contributed by atoms with van der Waals surface area (Å²) in [5, 5.41) is 0. The number of nitrogens with zero attached hydrogens (tertiary/aromatic N) is 4. The third-order valence-corrected chi connectivity index (χ3v) is 9.58. The molecule has 0 unspecified atom stereocenters. The van der Waals surface area contributed by atoms with Gasteiger partial charge in [0.05, 0.1) is 0 Å². The summed E-state index contributed by atoms with van der Waals surface area (Å²) in [5.74, 6) is 0. The van der Waals surface area contributed by atoms with Gasteiger partial charge in [0, 0.05) is 48.2 Å². The SMILES string of the molecule is CN1CCC[C@@H]1c1ccc[n+](CCCc2ccc(-c3ccc(CCC[n+]4cccc([C@H]5CCCN5C)c4)cc3)cc2)c1. The van der Waals surface area contributed by atoms with Gasteiger partial charge < -0.3 is 0 Å². The molecular weight excluding hydrogens is 512 g/mol. The molecule has 0 spiro atoms. The Morgan fingerprint density at radius 1 is 0.595 bits per heavy atom. The summed E-state index contributed by atoms with van der Waals surface area (Å²) >= 11 is 0. The predicted molar refractivity (Wildman–Crippen MR) is 171 cm³/mol. The minimum atomic E-state index is 0.588. The van der Waals surface area contributed by atoms with E-state index >= 15 is 0 Å². The largest absolute Gasteiger partial charge is 0.299 e. The highest BCUT2D eigenvalue weighted by Gasteiger charge is 2.25. The van der Waals surface area contributed by atoms with E-state index in [4.69, 9.17) is 0 Å². The van der Waals surface area contributed by atoms with Gasteiger partial charge in [0.25, 0.3) is 0 Å². The van der Waals surface area contributed by atoms with Gasteiger partial charge in [-0.2, -0.15) is 0 Å². The zero-order chi connectivity index (χ0) is 28.7. The Morgan fingerprint density at radius 3 is 1.40 bits per heavy atom. The molecule has 0 radical (unpaired) electrons. The van der Waals surface area contributed by atoms with Gasteiger partial charge in [-0.1, -0.05) is 48.5 Å². The molecule has 2 aliphatic rings. The maximum atomic E-state index is 2.49. The lowest BCUT2D eigenvalue weighted by atomic mass is 10.00. The average molecular weight is 561 g/mol. The Kier molecular flexibility index (Phi) is 9.42. The van der Waals surface area contributed by atoms with E-state index in [-0.39, 0.29) is 0 Å². The smallest absolute Gasteiger partial charge is 0.173 e. The lowest BCUT2D eigenvalue weighted by Gasteiger charge is -2.18. The molecule has 0 bridgehead atoms. The molecule has 2 aliphatic heterocycles. The van der Waals surface area contributed by atoms with Gasteiger partial charge in [-0.15, -0.1) is 0 Å². The zero-order valence-corrected chi connectivity index (χ0v) is 25.7. The van der Waals surface area contributed by atoms with E-state index in [1.165, 1.54) is 72.2 Å². The Labute approximate surface area is 253 Å². The lowest BCUT2D eigenvalue weighted by molar-refractivity contribution is -0.697.